The van der Waals surface area contributed by atoms with E-state index in [2.05, 4.69) is 46.5 Å². The zero-order valence-corrected chi connectivity index (χ0v) is 29.7. The van der Waals surface area contributed by atoms with Gasteiger partial charge in [-0.1, -0.05) is 11.8 Å². The van der Waals surface area contributed by atoms with Gasteiger partial charge < -0.3 is 29.9 Å². The Morgan fingerprint density at radius 3 is 2.55 bits per heavy atom. The number of imidazole rings is 1. The summed E-state index contributed by atoms with van der Waals surface area (Å²) in [5.74, 6) is 7.45. The van der Waals surface area contributed by atoms with E-state index in [1.54, 1.807) is 12.4 Å². The normalized spacial score (nSPS) is 14.0. The second-order valence-electron chi connectivity index (χ2n) is 12.4. The molecule has 1 fully saturated rings. The average Bonchev–Trinajstić information content (AvgIpc) is 3.47. The van der Waals surface area contributed by atoms with Crippen molar-refractivity contribution in [2.45, 2.75) is 26.2 Å². The van der Waals surface area contributed by atoms with E-state index in [0.717, 1.165) is 40.0 Å². The van der Waals surface area contributed by atoms with Crippen LogP contribution in [0.1, 0.15) is 35.2 Å². The molecule has 0 aliphatic carbocycles. The molecule has 2 amide bonds. The van der Waals surface area contributed by atoms with Crippen molar-refractivity contribution in [3.05, 3.63) is 72.2 Å². The number of rotatable bonds is 10. The molecule has 0 spiro atoms. The van der Waals surface area contributed by atoms with Crippen molar-refractivity contribution in [2.24, 2.45) is 5.92 Å². The molecule has 0 radical (unpaired) electrons. The molecule has 1 aliphatic rings. The Morgan fingerprint density at radius 2 is 1.85 bits per heavy atom. The molecule has 0 saturated carbocycles. The van der Waals surface area contributed by atoms with E-state index in [4.69, 9.17) is 9.84 Å². The summed E-state index contributed by atoms with van der Waals surface area (Å²) in [7, 11) is 6.49. The van der Waals surface area contributed by atoms with Crippen LogP contribution >= 0.6 is 24.0 Å². The summed E-state index contributed by atoms with van der Waals surface area (Å²) >= 11 is 0. The smallest absolute Gasteiger partial charge is 0.405 e. The first kappa shape index (κ1) is 35.5. The number of benzene rings is 2. The summed E-state index contributed by atoms with van der Waals surface area (Å²) in [4.78, 5) is 34.8. The Hall–Kier alpha value is -4.35. The third kappa shape index (κ3) is 9.36. The summed E-state index contributed by atoms with van der Waals surface area (Å²) in [5.41, 5.74) is 4.95. The number of aryl methyl sites for hydroxylation is 1. The predicted octanol–water partition coefficient (Wildman–Crippen LogP) is 5.66. The van der Waals surface area contributed by atoms with Crippen molar-refractivity contribution in [3.63, 3.8) is 0 Å². The Morgan fingerprint density at radius 1 is 1.11 bits per heavy atom. The summed E-state index contributed by atoms with van der Waals surface area (Å²) in [6.07, 6.45) is 7.78. The maximum absolute atomic E-state index is 13.3. The van der Waals surface area contributed by atoms with E-state index in [-0.39, 0.29) is 43.0 Å². The third-order valence-corrected chi connectivity index (χ3v) is 8.57. The highest BCUT2D eigenvalue weighted by Gasteiger charge is 2.26. The molecule has 1 aliphatic heterocycles. The molecule has 4 aromatic rings. The van der Waals surface area contributed by atoms with Crippen molar-refractivity contribution < 1.29 is 23.9 Å². The summed E-state index contributed by atoms with van der Waals surface area (Å²) in [6, 6.07) is 13.4. The number of carboxylic acid groups (broad SMARTS) is 1. The van der Waals surface area contributed by atoms with Crippen LogP contribution in [0.5, 0.6) is 5.75 Å². The van der Waals surface area contributed by atoms with Crippen LogP contribution < -0.4 is 15.4 Å². The number of halogens is 1. The lowest BCUT2D eigenvalue weighted by molar-refractivity contribution is -0.896. The van der Waals surface area contributed by atoms with Gasteiger partial charge in [0.1, 0.15) is 12.4 Å². The van der Waals surface area contributed by atoms with Crippen molar-refractivity contribution in [3.8, 4) is 28.8 Å². The van der Waals surface area contributed by atoms with Crippen LogP contribution in [0, 0.1) is 24.7 Å². The van der Waals surface area contributed by atoms with Gasteiger partial charge in [0.15, 0.2) is 11.5 Å². The van der Waals surface area contributed by atoms with Gasteiger partial charge in [-0.3, -0.25) is 9.20 Å². The van der Waals surface area contributed by atoms with Gasteiger partial charge in [0.2, 0.25) is 0 Å². The molecule has 0 atom stereocenters. The number of fused-ring (bicyclic) bond motifs is 1. The number of quaternary nitrogens is 1. The lowest BCUT2D eigenvalue weighted by Crippen LogP contribution is -2.46. The van der Waals surface area contributed by atoms with Crippen LogP contribution in [0.2, 0.25) is 0 Å². The molecule has 248 valence electrons. The Kier molecular flexibility index (Phi) is 12.1. The molecular weight excluding hydrogens is 709 g/mol. The number of aromatic nitrogens is 3. The van der Waals surface area contributed by atoms with Crippen LogP contribution in [0.3, 0.4) is 0 Å². The Balaban J connectivity index is 0.00000500. The van der Waals surface area contributed by atoms with E-state index in [1.165, 1.54) is 25.9 Å². The molecule has 3 heterocycles. The second kappa shape index (κ2) is 16.0. The molecular formula is C35H43IN7O4+. The van der Waals surface area contributed by atoms with Crippen LogP contribution in [-0.4, -0.2) is 94.8 Å². The minimum atomic E-state index is -1.11. The fraction of sp³-hybridized carbons (Fsp3) is 0.371. The number of amides is 2. The Labute approximate surface area is 293 Å². The number of likely N-dealkylation sites (tertiary alicyclic amines) is 1. The lowest BCUT2D eigenvalue weighted by atomic mass is 9.92. The van der Waals surface area contributed by atoms with Crippen molar-refractivity contribution >= 4 is 53.1 Å². The molecule has 11 nitrogen and oxygen atoms in total. The first-order chi connectivity index (χ1) is 22.1. The summed E-state index contributed by atoms with van der Waals surface area (Å²) < 4.78 is 8.70. The quantitative estimate of drug-likeness (QED) is 0.109. The van der Waals surface area contributed by atoms with E-state index in [1.807, 2.05) is 71.9 Å². The highest BCUT2D eigenvalue weighted by atomic mass is 127. The highest BCUT2D eigenvalue weighted by molar-refractivity contribution is 14.0. The fourth-order valence-electron chi connectivity index (χ4n) is 5.71. The first-order valence-corrected chi connectivity index (χ1v) is 15.5. The number of ether oxygens (including phenoxy) is 1. The van der Waals surface area contributed by atoms with Crippen LogP contribution in [0.4, 0.5) is 16.3 Å². The number of piperidine rings is 1. The zero-order valence-electron chi connectivity index (χ0n) is 27.3. The first-order valence-electron chi connectivity index (χ1n) is 15.5. The van der Waals surface area contributed by atoms with Crippen molar-refractivity contribution in [1.29, 1.82) is 0 Å². The minimum Gasteiger partial charge on any atom is -0.481 e. The monoisotopic (exact) mass is 752 g/mol. The van der Waals surface area contributed by atoms with Gasteiger partial charge in [0.25, 0.3) is 5.91 Å². The number of nitrogens with one attached hydrogen (secondary N) is 2. The molecule has 2 aromatic carbocycles. The molecule has 12 heteroatoms. The maximum Gasteiger partial charge on any atom is 0.405 e. The molecule has 3 N–H and O–H groups in total. The van der Waals surface area contributed by atoms with Gasteiger partial charge in [-0.25, -0.2) is 14.8 Å². The van der Waals surface area contributed by atoms with Gasteiger partial charge in [0.05, 0.1) is 45.6 Å². The van der Waals surface area contributed by atoms with Crippen molar-refractivity contribution in [1.82, 2.24) is 24.6 Å². The van der Waals surface area contributed by atoms with Gasteiger partial charge in [-0.15, -0.1) is 24.0 Å². The fourth-order valence-corrected chi connectivity index (χ4v) is 5.71. The molecule has 5 rings (SSSR count). The van der Waals surface area contributed by atoms with Crippen LogP contribution in [-0.2, 0) is 0 Å². The lowest BCUT2D eigenvalue weighted by Gasteiger charge is -2.37. The van der Waals surface area contributed by atoms with E-state index >= 15 is 0 Å². The second-order valence-corrected chi connectivity index (χ2v) is 12.4. The van der Waals surface area contributed by atoms with Crippen LogP contribution in [0.15, 0.2) is 61.1 Å². The van der Waals surface area contributed by atoms with E-state index in [0.29, 0.717) is 28.7 Å². The average molecular weight is 753 g/mol. The van der Waals surface area contributed by atoms with Gasteiger partial charge in [-0.05, 0) is 80.1 Å². The molecule has 0 bridgehead atoms. The van der Waals surface area contributed by atoms with Gasteiger partial charge >= 0.3 is 6.09 Å². The largest absolute Gasteiger partial charge is 0.481 e. The summed E-state index contributed by atoms with van der Waals surface area (Å²) in [5, 5.41) is 14.1. The topological polar surface area (TPSA) is 121 Å². The summed E-state index contributed by atoms with van der Waals surface area (Å²) in [6.45, 7) is 5.35. The van der Waals surface area contributed by atoms with E-state index < -0.39 is 6.09 Å². The number of nitrogens with zero attached hydrogens (tertiary/aromatic N) is 5. The zero-order chi connectivity index (χ0) is 32.7. The third-order valence-electron chi connectivity index (χ3n) is 8.57. The highest BCUT2D eigenvalue weighted by Crippen LogP contribution is 2.28. The standard InChI is InChI=1S/C35H41N7O4.HI/c1-25-23-28(9-12-30(25)34(43)40(2)18-13-26-14-20-42(3,4)21-15-26)39-32-33-38-24-31(41(33)19-17-36-32)27-7-10-29(11-8-27)46-22-6-5-16-37-35(44)45;/h7-12,17,19,23-24,26,37H,13-16,18,20-22H2,1-4H3,(H-,36,39,43,44,45);1H/p+1. The molecule has 1 saturated heterocycles. The minimum absolute atomic E-state index is 0. The van der Waals surface area contributed by atoms with Crippen molar-refractivity contribution in [2.75, 3.05) is 59.2 Å². The molecule has 2 aromatic heterocycles. The van der Waals surface area contributed by atoms with Gasteiger partial charge in [0, 0.05) is 42.8 Å². The molecule has 0 unspecified atom stereocenters. The maximum atomic E-state index is 13.3. The Bertz CT molecular complexity index is 1750. The number of carbonyl (C=O) groups is 2. The van der Waals surface area contributed by atoms with E-state index in [9.17, 15) is 9.59 Å². The molecule has 47 heavy (non-hydrogen) atoms. The number of hydrogen-bond donors (Lipinski definition) is 3. The number of hydrogen-bond acceptors (Lipinski definition) is 6. The van der Waals surface area contributed by atoms with Gasteiger partial charge in [-0.2, -0.15) is 0 Å². The number of anilines is 2. The van der Waals surface area contributed by atoms with Crippen LogP contribution in [0.25, 0.3) is 16.9 Å². The SMILES string of the molecule is Cc1cc(Nc2nccn3c(-c4ccc(OCC#CCNC(=O)O)cc4)cnc23)ccc1C(=O)N(C)CCC1CC[N+](C)(C)CC1.I. The number of carbonyl (C=O) groups excluding carboxylic acids is 1. The predicted molar refractivity (Wildman–Crippen MR) is 194 cm³/mol.